The van der Waals surface area contributed by atoms with Crippen LogP contribution >= 0.6 is 0 Å². The molecule has 18 heavy (non-hydrogen) atoms. The van der Waals surface area contributed by atoms with Crippen molar-refractivity contribution < 1.29 is 22.8 Å². The number of carbonyl (C=O) groups excluding carboxylic acids is 2. The molecule has 1 unspecified atom stereocenters. The van der Waals surface area contributed by atoms with Gasteiger partial charge >= 0.3 is 6.18 Å². The Kier molecular flexibility index (Phi) is 6.10. The number of amides is 2. The van der Waals surface area contributed by atoms with Gasteiger partial charge in [0.25, 0.3) is 0 Å². The van der Waals surface area contributed by atoms with Crippen molar-refractivity contribution in [3.05, 3.63) is 0 Å². The Balaban J connectivity index is 4.09. The van der Waals surface area contributed by atoms with Crippen LogP contribution in [0.15, 0.2) is 0 Å². The largest absolute Gasteiger partial charge is 0.415 e. The Hall–Kier alpha value is -1.31. The van der Waals surface area contributed by atoms with Gasteiger partial charge in [-0.15, -0.1) is 0 Å². The van der Waals surface area contributed by atoms with Crippen molar-refractivity contribution in [2.45, 2.75) is 38.4 Å². The van der Waals surface area contributed by atoms with Gasteiger partial charge in [0.2, 0.25) is 11.8 Å². The van der Waals surface area contributed by atoms with Crippen LogP contribution in [0, 0.1) is 0 Å². The van der Waals surface area contributed by atoms with Crippen LogP contribution in [0.1, 0.15) is 26.7 Å². The van der Waals surface area contributed by atoms with E-state index in [2.05, 4.69) is 5.32 Å². The van der Waals surface area contributed by atoms with Gasteiger partial charge in [-0.3, -0.25) is 9.59 Å². The van der Waals surface area contributed by atoms with Gasteiger partial charge in [0.1, 0.15) is 0 Å². The minimum Gasteiger partial charge on any atom is -0.356 e. The molecule has 0 aromatic rings. The minimum atomic E-state index is -4.83. The molecule has 8 heteroatoms. The maximum absolute atomic E-state index is 12.4. The molecule has 2 amide bonds. The number of hydrogen-bond acceptors (Lipinski definition) is 3. The van der Waals surface area contributed by atoms with Crippen LogP contribution in [0.5, 0.6) is 0 Å². The van der Waals surface area contributed by atoms with Crippen molar-refractivity contribution in [3.63, 3.8) is 0 Å². The number of halogens is 3. The maximum Gasteiger partial charge on any atom is 0.415 e. The summed E-state index contributed by atoms with van der Waals surface area (Å²) < 4.78 is 37.1. The molecule has 0 aliphatic rings. The van der Waals surface area contributed by atoms with E-state index in [0.717, 1.165) is 6.42 Å². The van der Waals surface area contributed by atoms with Gasteiger partial charge in [-0.25, -0.2) is 0 Å². The molecule has 0 saturated carbocycles. The molecule has 0 bridgehead atoms. The highest BCUT2D eigenvalue weighted by atomic mass is 19.4. The molecule has 0 fully saturated rings. The van der Waals surface area contributed by atoms with Crippen molar-refractivity contribution in [3.8, 4) is 0 Å². The summed E-state index contributed by atoms with van der Waals surface area (Å²) in [7, 11) is 0. The standard InChI is InChI=1S/C10H18F3N3O2/c1-3-5-15-7(17)4-6-16-8(18)9(2,14)10(11,12)13/h3-6,14H2,1-2H3,(H,15,17)(H,16,18). The first-order valence-corrected chi connectivity index (χ1v) is 5.53. The van der Waals surface area contributed by atoms with Crippen LogP contribution < -0.4 is 16.4 Å². The highest BCUT2D eigenvalue weighted by molar-refractivity contribution is 5.87. The SMILES string of the molecule is CCCNC(=O)CCNC(=O)C(C)(N)C(F)(F)F. The summed E-state index contributed by atoms with van der Waals surface area (Å²) in [5.74, 6) is -1.68. The van der Waals surface area contributed by atoms with Gasteiger partial charge in [0, 0.05) is 19.5 Å². The number of nitrogens with one attached hydrogen (secondary N) is 2. The van der Waals surface area contributed by atoms with Gasteiger partial charge in [-0.2, -0.15) is 13.2 Å². The summed E-state index contributed by atoms with van der Waals surface area (Å²) in [6, 6.07) is 0. The third-order valence-corrected chi connectivity index (χ3v) is 2.27. The second kappa shape index (κ2) is 6.58. The number of nitrogens with two attached hydrogens (primary N) is 1. The van der Waals surface area contributed by atoms with E-state index in [0.29, 0.717) is 13.5 Å². The van der Waals surface area contributed by atoms with E-state index >= 15 is 0 Å². The van der Waals surface area contributed by atoms with E-state index in [9.17, 15) is 22.8 Å². The number of alkyl halides is 3. The van der Waals surface area contributed by atoms with Gasteiger partial charge in [-0.1, -0.05) is 6.92 Å². The molecule has 0 saturated heterocycles. The summed E-state index contributed by atoms with van der Waals surface area (Å²) in [5.41, 5.74) is 1.95. The fourth-order valence-electron chi connectivity index (χ4n) is 0.955. The van der Waals surface area contributed by atoms with Crippen LogP contribution in [0.25, 0.3) is 0 Å². The van der Waals surface area contributed by atoms with E-state index in [1.54, 1.807) is 0 Å². The van der Waals surface area contributed by atoms with E-state index in [1.807, 2.05) is 12.2 Å². The zero-order chi connectivity index (χ0) is 14.4. The molecule has 0 rings (SSSR count). The second-order valence-electron chi connectivity index (χ2n) is 4.06. The van der Waals surface area contributed by atoms with Crippen molar-refractivity contribution in [1.82, 2.24) is 10.6 Å². The molecule has 0 aliphatic carbocycles. The molecule has 106 valence electrons. The summed E-state index contributed by atoms with van der Waals surface area (Å²) in [4.78, 5) is 22.3. The lowest BCUT2D eigenvalue weighted by molar-refractivity contribution is -0.187. The highest BCUT2D eigenvalue weighted by Gasteiger charge is 2.53. The van der Waals surface area contributed by atoms with Gasteiger partial charge in [0.05, 0.1) is 0 Å². The van der Waals surface area contributed by atoms with Crippen molar-refractivity contribution in [2.75, 3.05) is 13.1 Å². The predicted molar refractivity (Wildman–Crippen MR) is 59.6 cm³/mol. The number of carbonyl (C=O) groups is 2. The smallest absolute Gasteiger partial charge is 0.356 e. The Morgan fingerprint density at radius 2 is 1.72 bits per heavy atom. The Morgan fingerprint density at radius 1 is 1.17 bits per heavy atom. The summed E-state index contributed by atoms with van der Waals surface area (Å²) in [6.45, 7) is 2.76. The Labute approximate surface area is 103 Å². The third-order valence-electron chi connectivity index (χ3n) is 2.27. The van der Waals surface area contributed by atoms with E-state index in [1.165, 1.54) is 0 Å². The topological polar surface area (TPSA) is 84.2 Å². The Morgan fingerprint density at radius 3 is 2.17 bits per heavy atom. The van der Waals surface area contributed by atoms with Crippen molar-refractivity contribution in [1.29, 1.82) is 0 Å². The van der Waals surface area contributed by atoms with E-state index in [-0.39, 0.29) is 18.9 Å². The first-order valence-electron chi connectivity index (χ1n) is 5.53. The molecular formula is C10H18F3N3O2. The van der Waals surface area contributed by atoms with E-state index < -0.39 is 17.6 Å². The van der Waals surface area contributed by atoms with Crippen LogP contribution in [-0.2, 0) is 9.59 Å². The zero-order valence-corrected chi connectivity index (χ0v) is 10.4. The predicted octanol–water partition coefficient (Wildman–Crippen LogP) is 0.299. The molecule has 0 radical (unpaired) electrons. The second-order valence-corrected chi connectivity index (χ2v) is 4.06. The summed E-state index contributed by atoms with van der Waals surface area (Å²) >= 11 is 0. The van der Waals surface area contributed by atoms with Crippen LogP contribution in [0.3, 0.4) is 0 Å². The molecular weight excluding hydrogens is 251 g/mol. The highest BCUT2D eigenvalue weighted by Crippen LogP contribution is 2.27. The fourth-order valence-corrected chi connectivity index (χ4v) is 0.955. The molecule has 1 atom stereocenters. The van der Waals surface area contributed by atoms with Gasteiger partial charge < -0.3 is 16.4 Å². The third kappa shape index (κ3) is 4.91. The van der Waals surface area contributed by atoms with Crippen LogP contribution in [-0.4, -0.2) is 36.6 Å². The summed E-state index contributed by atoms with van der Waals surface area (Å²) in [6.07, 6.45) is -4.16. The van der Waals surface area contributed by atoms with Crippen molar-refractivity contribution in [2.24, 2.45) is 5.73 Å². The monoisotopic (exact) mass is 269 g/mol. The minimum absolute atomic E-state index is 0.0837. The fraction of sp³-hybridized carbons (Fsp3) is 0.800. The normalized spacial score (nSPS) is 14.8. The average Bonchev–Trinajstić information content (AvgIpc) is 2.24. The van der Waals surface area contributed by atoms with E-state index in [4.69, 9.17) is 5.73 Å². The lowest BCUT2D eigenvalue weighted by Gasteiger charge is -2.26. The molecule has 0 spiro atoms. The van der Waals surface area contributed by atoms with Gasteiger partial charge in [-0.05, 0) is 13.3 Å². The number of hydrogen-bond donors (Lipinski definition) is 3. The number of rotatable bonds is 6. The molecule has 5 nitrogen and oxygen atoms in total. The lowest BCUT2D eigenvalue weighted by atomic mass is 10.0. The molecule has 4 N–H and O–H groups in total. The lowest BCUT2D eigenvalue weighted by Crippen LogP contribution is -2.61. The molecule has 0 aromatic carbocycles. The van der Waals surface area contributed by atoms with Gasteiger partial charge in [0.15, 0.2) is 5.54 Å². The average molecular weight is 269 g/mol. The first kappa shape index (κ1) is 16.7. The Bertz CT molecular complexity index is 303. The molecule has 0 heterocycles. The van der Waals surface area contributed by atoms with Crippen LogP contribution in [0.2, 0.25) is 0 Å². The summed E-state index contributed by atoms with van der Waals surface area (Å²) in [5, 5.41) is 4.52. The molecule has 0 aliphatic heterocycles. The van der Waals surface area contributed by atoms with Crippen LogP contribution in [0.4, 0.5) is 13.2 Å². The maximum atomic E-state index is 12.4. The quantitative estimate of drug-likeness (QED) is 0.648. The van der Waals surface area contributed by atoms with Crippen molar-refractivity contribution >= 4 is 11.8 Å². The zero-order valence-electron chi connectivity index (χ0n) is 10.4. The molecule has 0 aromatic heterocycles. The first-order chi connectivity index (χ1) is 8.13.